The minimum absolute atomic E-state index is 0.0621. The van der Waals surface area contributed by atoms with Crippen LogP contribution in [0.1, 0.15) is 376 Å². The zero-order valence-corrected chi connectivity index (χ0v) is 72.2. The maximum Gasteiger partial charge on any atom is 0.243 e. The van der Waals surface area contributed by atoms with Crippen molar-refractivity contribution < 1.29 is 9.47 Å². The summed E-state index contributed by atoms with van der Waals surface area (Å²) in [6.07, 6.45) is 58.8. The lowest BCUT2D eigenvalue weighted by atomic mass is 10.1. The lowest BCUT2D eigenvalue weighted by Gasteiger charge is -2.23. The fourth-order valence-electron chi connectivity index (χ4n) is 13.7. The highest BCUT2D eigenvalue weighted by molar-refractivity contribution is 5.72. The van der Waals surface area contributed by atoms with E-state index in [1.807, 2.05) is 58.3 Å². The van der Waals surface area contributed by atoms with Crippen LogP contribution >= 0.6 is 0 Å². The monoisotopic (exact) mass is 1560 g/mol. The molecule has 113 heavy (non-hydrogen) atoms. The van der Waals surface area contributed by atoms with Gasteiger partial charge >= 0.3 is 0 Å². The van der Waals surface area contributed by atoms with Crippen molar-refractivity contribution in [2.45, 2.75) is 376 Å². The summed E-state index contributed by atoms with van der Waals surface area (Å²) in [6.45, 7) is 23.3. The Balaban J connectivity index is 1.35. The van der Waals surface area contributed by atoms with Crippen molar-refractivity contribution in [3.05, 3.63) is 54.4 Å². The van der Waals surface area contributed by atoms with E-state index < -0.39 is 0 Å². The molecule has 0 aliphatic rings. The molecule has 632 valence electrons. The van der Waals surface area contributed by atoms with E-state index >= 15 is 0 Å². The highest BCUT2D eigenvalue weighted by Gasteiger charge is 2.26. The second kappa shape index (κ2) is 62.6. The Labute approximate surface area is 684 Å². The molecule has 23 nitrogen and oxygen atoms in total. The van der Waals surface area contributed by atoms with Gasteiger partial charge in [-0.2, -0.15) is 59.8 Å². The van der Waals surface area contributed by atoms with Crippen molar-refractivity contribution in [1.29, 1.82) is 0 Å². The fourth-order valence-corrected chi connectivity index (χ4v) is 13.7. The van der Waals surface area contributed by atoms with E-state index in [1.54, 1.807) is 0 Å². The molecule has 4 aromatic heterocycles. The highest BCUT2D eigenvalue weighted by Crippen LogP contribution is 2.36. The van der Waals surface area contributed by atoms with E-state index in [2.05, 4.69) is 92.6 Å². The first-order valence-corrected chi connectivity index (χ1v) is 46.1. The summed E-state index contributed by atoms with van der Waals surface area (Å²) in [5.41, 5.74) is 1.48. The van der Waals surface area contributed by atoms with Crippen molar-refractivity contribution in [1.82, 2.24) is 59.8 Å². The Bertz CT molecular complexity index is 2770. The number of anilines is 13. The van der Waals surface area contributed by atoms with E-state index in [0.717, 1.165) is 172 Å². The number of rotatable bonds is 74. The molecular weight excluding hydrogens is 1410 g/mol. The van der Waals surface area contributed by atoms with Crippen LogP contribution in [-0.4, -0.2) is 112 Å². The molecule has 4 heterocycles. The molecule has 0 bridgehead atoms. The maximum atomic E-state index is 6.46. The Morgan fingerprint density at radius 1 is 0.212 bits per heavy atom. The van der Waals surface area contributed by atoms with Crippen LogP contribution in [0.4, 0.5) is 76.8 Å². The number of nitrogens with zero attached hydrogens (tertiary/aromatic N) is 14. The van der Waals surface area contributed by atoms with Crippen LogP contribution in [0.25, 0.3) is 0 Å². The van der Waals surface area contributed by atoms with Gasteiger partial charge in [-0.3, -0.25) is 0 Å². The van der Waals surface area contributed by atoms with Gasteiger partial charge in [-0.1, -0.05) is 319 Å². The molecule has 7 N–H and O–H groups in total. The first kappa shape index (κ1) is 94.1. The normalized spacial score (nSPS) is 11.3. The van der Waals surface area contributed by atoms with Crippen LogP contribution in [0.15, 0.2) is 48.5 Å². The number of ether oxygens (including phenoxy) is 2. The Kier molecular flexibility index (Phi) is 52.2. The maximum absolute atomic E-state index is 6.46. The summed E-state index contributed by atoms with van der Waals surface area (Å²) in [7, 11) is 0. The van der Waals surface area contributed by atoms with Crippen LogP contribution in [0.2, 0.25) is 0 Å². The predicted octanol–water partition coefficient (Wildman–Crippen LogP) is 25.5. The van der Waals surface area contributed by atoms with Crippen molar-refractivity contribution in [2.75, 3.05) is 99.6 Å². The number of benzene rings is 2. The number of unbranched alkanes of at least 4 members (excludes halogenated alkanes) is 41. The molecule has 0 spiro atoms. The van der Waals surface area contributed by atoms with E-state index in [4.69, 9.17) is 69.3 Å². The molecular formula is C90H155N21O2. The Morgan fingerprint density at radius 3 is 0.637 bits per heavy atom. The number of hydrogen-bond donors (Lipinski definition) is 7. The van der Waals surface area contributed by atoms with Crippen LogP contribution in [0.3, 0.4) is 0 Å². The molecule has 23 heteroatoms. The lowest BCUT2D eigenvalue weighted by molar-refractivity contribution is 0.120. The smallest absolute Gasteiger partial charge is 0.243 e. The van der Waals surface area contributed by atoms with E-state index in [1.165, 1.54) is 212 Å². The molecule has 0 fully saturated rings. The molecule has 2 aromatic carbocycles. The Hall–Kier alpha value is -7.72. The minimum atomic E-state index is -0.0621. The van der Waals surface area contributed by atoms with Gasteiger partial charge in [-0.05, 0) is 99.9 Å². The topological polar surface area (TPSA) is 264 Å². The van der Waals surface area contributed by atoms with Gasteiger partial charge in [0.1, 0.15) is 17.3 Å². The van der Waals surface area contributed by atoms with Crippen molar-refractivity contribution in [2.24, 2.45) is 0 Å². The van der Waals surface area contributed by atoms with Gasteiger partial charge in [0.15, 0.2) is 0 Å². The van der Waals surface area contributed by atoms with E-state index in [9.17, 15) is 0 Å². The Morgan fingerprint density at radius 2 is 0.407 bits per heavy atom. The average molecular weight is 1560 g/mol. The van der Waals surface area contributed by atoms with Crippen molar-refractivity contribution in [3.63, 3.8) is 0 Å². The van der Waals surface area contributed by atoms with Gasteiger partial charge < -0.3 is 46.7 Å². The van der Waals surface area contributed by atoms with Crippen LogP contribution in [0, 0.1) is 0 Å². The summed E-state index contributed by atoms with van der Waals surface area (Å²) >= 11 is 0. The molecule has 0 aliphatic carbocycles. The fraction of sp³-hybridized carbons (Fsp3) is 0.733. The van der Waals surface area contributed by atoms with Gasteiger partial charge in [0.2, 0.25) is 72.2 Å². The summed E-state index contributed by atoms with van der Waals surface area (Å²) in [5.74, 6) is 7.10. The second-order valence-corrected chi connectivity index (χ2v) is 31.0. The van der Waals surface area contributed by atoms with Gasteiger partial charge in [0, 0.05) is 52.2 Å². The summed E-state index contributed by atoms with van der Waals surface area (Å²) in [4.78, 5) is 65.6. The third-order valence-corrected chi connectivity index (χ3v) is 20.7. The lowest BCUT2D eigenvalue weighted by Crippen LogP contribution is -2.21. The van der Waals surface area contributed by atoms with Gasteiger partial charge in [0.05, 0.1) is 11.4 Å². The molecule has 0 saturated carbocycles. The molecule has 0 unspecified atom stereocenters. The highest BCUT2D eigenvalue weighted by atomic mass is 16.7. The molecule has 6 rings (SSSR count). The van der Waals surface area contributed by atoms with Gasteiger partial charge in [-0.25, -0.2) is 9.80 Å². The minimum Gasteiger partial charge on any atom is -0.458 e. The molecule has 6 aromatic rings. The number of hydrogen-bond acceptors (Lipinski definition) is 23. The summed E-state index contributed by atoms with van der Waals surface area (Å²) < 4.78 is 12.9. The number of nitrogens with one attached hydrogen (secondary N) is 7. The van der Waals surface area contributed by atoms with Crippen molar-refractivity contribution >= 4 is 76.8 Å². The SMILES string of the molecule is CCCCCCCCCc1nc(NCCCCCCCC)nc(N(c2ccc(OCOc3ccc(N(c4nc(NCCCCCCCC)nc(NCCCCCCCC)n4)c4nc(NCCCCCCCC)nc(NCCCCCCCC)n4)cc3)cc2)c2nc(NCCCCCCCC)nc(NCCCCCCCC)n2)n1. The standard InChI is InChI=1S/C90H155N21O2/c1-9-17-25-33-41-42-50-58-79-98-80(91-67-51-43-34-26-18-10-2)103-87(99-79)110(88-104-81(92-68-52-44-35-27-19-11-3)100-82(105-88)93-69-53-45-36-28-20-12-4)75-59-63-77(64-60-75)112-74-113-78-65-61-76(62-66-78)111(89-106-83(94-70-54-46-37-29-21-13-5)101-84(107-89)95-71-55-47-38-30-22-14-6)90-108-85(96-72-56-48-39-31-23-15-7)102-86(109-90)97-73-57-49-40-32-24-16-8/h59-66H,9-58,67-74H2,1-8H3,(H,91,98,99,103)(H2,92,93,100,104,105)(H2,94,95,101,106,107)(H2,96,97,102,108,109). The van der Waals surface area contributed by atoms with Gasteiger partial charge in [0.25, 0.3) is 0 Å². The van der Waals surface area contributed by atoms with E-state index in [0.29, 0.717) is 76.9 Å². The number of aryl methyl sites for hydroxylation is 1. The van der Waals surface area contributed by atoms with Gasteiger partial charge in [-0.15, -0.1) is 0 Å². The summed E-state index contributed by atoms with van der Waals surface area (Å²) in [6, 6.07) is 15.8. The third kappa shape index (κ3) is 41.4. The summed E-state index contributed by atoms with van der Waals surface area (Å²) in [5, 5.41) is 25.2. The molecule has 0 saturated heterocycles. The van der Waals surface area contributed by atoms with Crippen LogP contribution in [0.5, 0.6) is 11.5 Å². The van der Waals surface area contributed by atoms with Crippen LogP contribution < -0.4 is 56.5 Å². The van der Waals surface area contributed by atoms with Crippen molar-refractivity contribution in [3.8, 4) is 11.5 Å². The zero-order chi connectivity index (χ0) is 79.9. The first-order chi connectivity index (χ1) is 55.8. The molecule has 0 atom stereocenters. The quantitative estimate of drug-likeness (QED) is 0.0138. The molecule has 0 radical (unpaired) electrons. The van der Waals surface area contributed by atoms with Crippen LogP contribution in [-0.2, 0) is 6.42 Å². The second-order valence-electron chi connectivity index (χ2n) is 31.0. The third-order valence-electron chi connectivity index (χ3n) is 20.7. The van der Waals surface area contributed by atoms with E-state index in [-0.39, 0.29) is 6.79 Å². The predicted molar refractivity (Wildman–Crippen MR) is 477 cm³/mol. The first-order valence-electron chi connectivity index (χ1n) is 46.1. The largest absolute Gasteiger partial charge is 0.458 e. The number of aromatic nitrogens is 12. The molecule has 0 amide bonds. The average Bonchev–Trinajstić information content (AvgIpc) is 0.794. The zero-order valence-electron chi connectivity index (χ0n) is 72.2. The molecule has 0 aliphatic heterocycles.